The molecule has 2 amide bonds. The molecule has 0 bridgehead atoms. The molecule has 0 aliphatic carbocycles. The second-order valence-electron chi connectivity index (χ2n) is 6.92. The number of anilines is 1. The fourth-order valence-corrected chi connectivity index (χ4v) is 2.85. The van der Waals surface area contributed by atoms with Crippen molar-refractivity contribution < 1.29 is 9.59 Å². The highest BCUT2D eigenvalue weighted by atomic mass is 16.2. The smallest absolute Gasteiger partial charge is 0.232 e. The minimum absolute atomic E-state index is 0.0391. The maximum absolute atomic E-state index is 12.2. The van der Waals surface area contributed by atoms with Gasteiger partial charge in [0.25, 0.3) is 0 Å². The molecule has 1 aromatic carbocycles. The van der Waals surface area contributed by atoms with E-state index in [4.69, 9.17) is 0 Å². The highest BCUT2D eigenvalue weighted by molar-refractivity contribution is 5.96. The summed E-state index contributed by atoms with van der Waals surface area (Å²) >= 11 is 0. The van der Waals surface area contributed by atoms with E-state index in [2.05, 4.69) is 55.3 Å². The Kier molecular flexibility index (Phi) is 6.64. The first-order valence-corrected chi connectivity index (χ1v) is 8.82. The average molecular weight is 331 g/mol. The predicted octanol–water partition coefficient (Wildman–Crippen LogP) is 2.20. The van der Waals surface area contributed by atoms with E-state index < -0.39 is 0 Å². The van der Waals surface area contributed by atoms with E-state index in [9.17, 15) is 9.59 Å². The SMILES string of the molecule is Cc1cccc(N2CCN(C(=O)CC(=O)NCCC(C)C)CC2)c1. The van der Waals surface area contributed by atoms with Crippen molar-refractivity contribution >= 4 is 17.5 Å². The molecule has 5 heteroatoms. The maximum Gasteiger partial charge on any atom is 0.232 e. The van der Waals surface area contributed by atoms with Crippen LogP contribution in [0.25, 0.3) is 0 Å². The van der Waals surface area contributed by atoms with Gasteiger partial charge in [0.15, 0.2) is 0 Å². The summed E-state index contributed by atoms with van der Waals surface area (Å²) in [6.07, 6.45) is 0.900. The van der Waals surface area contributed by atoms with Gasteiger partial charge in [0.05, 0.1) is 0 Å². The predicted molar refractivity (Wildman–Crippen MR) is 97.1 cm³/mol. The van der Waals surface area contributed by atoms with Crippen LogP contribution in [-0.2, 0) is 9.59 Å². The topological polar surface area (TPSA) is 52.7 Å². The summed E-state index contributed by atoms with van der Waals surface area (Å²) in [4.78, 5) is 28.2. The normalized spacial score (nSPS) is 14.8. The van der Waals surface area contributed by atoms with Crippen molar-refractivity contribution in [3.05, 3.63) is 29.8 Å². The van der Waals surface area contributed by atoms with Crippen molar-refractivity contribution in [1.29, 1.82) is 0 Å². The zero-order valence-corrected chi connectivity index (χ0v) is 15.0. The van der Waals surface area contributed by atoms with Crippen LogP contribution in [0.1, 0.15) is 32.3 Å². The number of carbonyl (C=O) groups excluding carboxylic acids is 2. The quantitative estimate of drug-likeness (QED) is 0.813. The lowest BCUT2D eigenvalue weighted by atomic mass is 10.1. The maximum atomic E-state index is 12.2. The molecule has 0 saturated carbocycles. The van der Waals surface area contributed by atoms with Gasteiger partial charge in [-0.05, 0) is 37.0 Å². The first-order valence-electron chi connectivity index (χ1n) is 8.82. The zero-order valence-electron chi connectivity index (χ0n) is 15.0. The first kappa shape index (κ1) is 18.3. The van der Waals surface area contributed by atoms with Crippen molar-refractivity contribution in [2.75, 3.05) is 37.6 Å². The third-order valence-corrected chi connectivity index (χ3v) is 4.35. The molecule has 1 saturated heterocycles. The van der Waals surface area contributed by atoms with Crippen LogP contribution >= 0.6 is 0 Å². The largest absolute Gasteiger partial charge is 0.368 e. The molecule has 0 spiro atoms. The van der Waals surface area contributed by atoms with Gasteiger partial charge in [-0.15, -0.1) is 0 Å². The van der Waals surface area contributed by atoms with Gasteiger partial charge in [-0.25, -0.2) is 0 Å². The van der Waals surface area contributed by atoms with Crippen molar-refractivity contribution in [3.63, 3.8) is 0 Å². The molecule has 0 aromatic heterocycles. The third-order valence-electron chi connectivity index (χ3n) is 4.35. The zero-order chi connectivity index (χ0) is 17.5. The molecule has 0 unspecified atom stereocenters. The molecule has 1 aliphatic rings. The van der Waals surface area contributed by atoms with E-state index in [1.54, 1.807) is 4.90 Å². The van der Waals surface area contributed by atoms with Gasteiger partial charge < -0.3 is 15.1 Å². The Morgan fingerprint density at radius 2 is 1.88 bits per heavy atom. The van der Waals surface area contributed by atoms with Gasteiger partial charge in [0.1, 0.15) is 6.42 Å². The fourth-order valence-electron chi connectivity index (χ4n) is 2.85. The van der Waals surface area contributed by atoms with Crippen molar-refractivity contribution in [2.24, 2.45) is 5.92 Å². The molecule has 1 N–H and O–H groups in total. The van der Waals surface area contributed by atoms with Crippen LogP contribution in [0.2, 0.25) is 0 Å². The highest BCUT2D eigenvalue weighted by Gasteiger charge is 2.22. The van der Waals surface area contributed by atoms with Crippen molar-refractivity contribution in [3.8, 4) is 0 Å². The lowest BCUT2D eigenvalue weighted by Crippen LogP contribution is -2.49. The van der Waals surface area contributed by atoms with Crippen LogP contribution in [0.4, 0.5) is 5.69 Å². The van der Waals surface area contributed by atoms with Crippen LogP contribution < -0.4 is 10.2 Å². The first-order chi connectivity index (χ1) is 11.5. The van der Waals surface area contributed by atoms with Gasteiger partial charge >= 0.3 is 0 Å². The Morgan fingerprint density at radius 1 is 1.17 bits per heavy atom. The van der Waals surface area contributed by atoms with Gasteiger partial charge in [0, 0.05) is 38.4 Å². The average Bonchev–Trinajstić information content (AvgIpc) is 2.54. The number of rotatable bonds is 6. The molecule has 1 heterocycles. The van der Waals surface area contributed by atoms with E-state index in [1.165, 1.54) is 11.3 Å². The van der Waals surface area contributed by atoms with Crippen LogP contribution in [0.15, 0.2) is 24.3 Å². The molecule has 2 rings (SSSR count). The summed E-state index contributed by atoms with van der Waals surface area (Å²) in [5.41, 5.74) is 2.44. The molecule has 5 nitrogen and oxygen atoms in total. The van der Waals surface area contributed by atoms with Gasteiger partial charge in [-0.2, -0.15) is 0 Å². The van der Waals surface area contributed by atoms with E-state index >= 15 is 0 Å². The summed E-state index contributed by atoms with van der Waals surface area (Å²) in [5, 5.41) is 2.83. The van der Waals surface area contributed by atoms with Crippen molar-refractivity contribution in [1.82, 2.24) is 10.2 Å². The second kappa shape index (κ2) is 8.71. The number of piperazine rings is 1. The van der Waals surface area contributed by atoms with Crippen LogP contribution in [-0.4, -0.2) is 49.4 Å². The Hall–Kier alpha value is -2.04. The van der Waals surface area contributed by atoms with E-state index in [-0.39, 0.29) is 18.2 Å². The number of aryl methyl sites for hydroxylation is 1. The molecular formula is C19H29N3O2. The molecule has 132 valence electrons. The molecule has 1 aliphatic heterocycles. The minimum atomic E-state index is -0.165. The lowest BCUT2D eigenvalue weighted by Gasteiger charge is -2.36. The summed E-state index contributed by atoms with van der Waals surface area (Å²) in [6, 6.07) is 8.41. The minimum Gasteiger partial charge on any atom is -0.368 e. The summed E-state index contributed by atoms with van der Waals surface area (Å²) in [5.74, 6) is 0.318. The highest BCUT2D eigenvalue weighted by Crippen LogP contribution is 2.18. The summed E-state index contributed by atoms with van der Waals surface area (Å²) in [7, 11) is 0. The summed E-state index contributed by atoms with van der Waals surface area (Å²) in [6.45, 7) is 9.93. The van der Waals surface area contributed by atoms with Crippen molar-refractivity contribution in [2.45, 2.75) is 33.6 Å². The molecule has 1 fully saturated rings. The Morgan fingerprint density at radius 3 is 2.50 bits per heavy atom. The molecular weight excluding hydrogens is 302 g/mol. The number of amides is 2. The van der Waals surface area contributed by atoms with Crippen LogP contribution in [0.3, 0.4) is 0 Å². The van der Waals surface area contributed by atoms with E-state index in [1.807, 2.05) is 0 Å². The van der Waals surface area contributed by atoms with Crippen LogP contribution in [0, 0.1) is 12.8 Å². The molecule has 1 aromatic rings. The van der Waals surface area contributed by atoms with E-state index in [0.717, 1.165) is 19.5 Å². The second-order valence-corrected chi connectivity index (χ2v) is 6.92. The molecule has 24 heavy (non-hydrogen) atoms. The number of benzene rings is 1. The molecule has 0 radical (unpaired) electrons. The summed E-state index contributed by atoms with van der Waals surface area (Å²) < 4.78 is 0. The Bertz CT molecular complexity index is 563. The number of carbonyl (C=O) groups is 2. The van der Waals surface area contributed by atoms with Gasteiger partial charge in [-0.3, -0.25) is 9.59 Å². The van der Waals surface area contributed by atoms with E-state index in [0.29, 0.717) is 25.6 Å². The number of hydrogen-bond donors (Lipinski definition) is 1. The van der Waals surface area contributed by atoms with Gasteiger partial charge in [-0.1, -0.05) is 26.0 Å². The molecule has 0 atom stereocenters. The third kappa shape index (κ3) is 5.55. The number of nitrogens with one attached hydrogen (secondary N) is 1. The lowest BCUT2D eigenvalue weighted by molar-refractivity contribution is -0.136. The Balaban J connectivity index is 1.75. The number of hydrogen-bond acceptors (Lipinski definition) is 3. The monoisotopic (exact) mass is 331 g/mol. The fraction of sp³-hybridized carbons (Fsp3) is 0.579. The number of nitrogens with zero attached hydrogens (tertiary/aromatic N) is 2. The van der Waals surface area contributed by atoms with Crippen LogP contribution in [0.5, 0.6) is 0 Å². The Labute approximate surface area is 145 Å². The van der Waals surface area contributed by atoms with Gasteiger partial charge in [0.2, 0.25) is 11.8 Å². The standard InChI is InChI=1S/C19H29N3O2/c1-15(2)7-8-20-18(23)14-19(24)22-11-9-21(10-12-22)17-6-4-5-16(3)13-17/h4-6,13,15H,7-12,14H2,1-3H3,(H,20,23).